The summed E-state index contributed by atoms with van der Waals surface area (Å²) in [5.74, 6) is 0.321. The van der Waals surface area contributed by atoms with Crippen molar-refractivity contribution in [2.24, 2.45) is 5.92 Å². The molecule has 1 aromatic rings. The van der Waals surface area contributed by atoms with E-state index in [-0.39, 0.29) is 23.6 Å². The topological polar surface area (TPSA) is 70.2 Å². The molecule has 2 heterocycles. The minimum Gasteiger partial charge on any atom is -0.378 e. The SMILES string of the molecule is CN(CC1CC(=O)N(C2CCCC2)C1)C(=O)c1ccc(C(=O)N2CCOCC2)cc1. The monoisotopic (exact) mass is 413 g/mol. The van der Waals surface area contributed by atoms with Crippen LogP contribution >= 0.6 is 0 Å². The summed E-state index contributed by atoms with van der Waals surface area (Å²) >= 11 is 0. The molecule has 3 aliphatic rings. The van der Waals surface area contributed by atoms with Crippen LogP contribution in [0, 0.1) is 5.92 Å². The molecule has 2 aliphatic heterocycles. The fourth-order valence-electron chi connectivity index (χ4n) is 4.89. The molecular formula is C23H31N3O4. The second-order valence-electron chi connectivity index (χ2n) is 8.72. The molecule has 1 saturated carbocycles. The Morgan fingerprint density at radius 2 is 1.70 bits per heavy atom. The molecule has 7 heteroatoms. The fraction of sp³-hybridized carbons (Fsp3) is 0.609. The average molecular weight is 414 g/mol. The van der Waals surface area contributed by atoms with Crippen molar-refractivity contribution < 1.29 is 19.1 Å². The molecule has 0 radical (unpaired) electrons. The van der Waals surface area contributed by atoms with Gasteiger partial charge in [-0.25, -0.2) is 0 Å². The molecule has 3 amide bonds. The zero-order valence-corrected chi connectivity index (χ0v) is 17.7. The Morgan fingerprint density at radius 3 is 2.37 bits per heavy atom. The van der Waals surface area contributed by atoms with Crippen LogP contribution in [0.15, 0.2) is 24.3 Å². The second-order valence-corrected chi connectivity index (χ2v) is 8.72. The third-order valence-electron chi connectivity index (χ3n) is 6.56. The van der Waals surface area contributed by atoms with Crippen molar-refractivity contribution in [2.45, 2.75) is 38.1 Å². The molecule has 1 unspecified atom stereocenters. The number of carbonyl (C=O) groups is 3. The Kier molecular flexibility index (Phi) is 6.37. The van der Waals surface area contributed by atoms with E-state index in [1.807, 2.05) is 4.90 Å². The predicted octanol–water partition coefficient (Wildman–Crippen LogP) is 2.02. The quantitative estimate of drug-likeness (QED) is 0.741. The van der Waals surface area contributed by atoms with Crippen LogP contribution in [0.4, 0.5) is 0 Å². The van der Waals surface area contributed by atoms with E-state index in [2.05, 4.69) is 0 Å². The van der Waals surface area contributed by atoms with Crippen molar-refractivity contribution in [3.8, 4) is 0 Å². The first-order chi connectivity index (χ1) is 14.5. The van der Waals surface area contributed by atoms with E-state index < -0.39 is 0 Å². The summed E-state index contributed by atoms with van der Waals surface area (Å²) in [5, 5.41) is 0. The number of rotatable bonds is 5. The van der Waals surface area contributed by atoms with Crippen LogP contribution in [0.2, 0.25) is 0 Å². The average Bonchev–Trinajstić information content (AvgIpc) is 3.43. The Labute approximate surface area is 177 Å². The molecule has 7 nitrogen and oxygen atoms in total. The van der Waals surface area contributed by atoms with E-state index in [0.29, 0.717) is 56.4 Å². The summed E-state index contributed by atoms with van der Waals surface area (Å²) in [6, 6.07) is 7.29. The summed E-state index contributed by atoms with van der Waals surface area (Å²) in [5.41, 5.74) is 1.15. The molecule has 1 aliphatic carbocycles. The smallest absolute Gasteiger partial charge is 0.254 e. The number of benzene rings is 1. The van der Waals surface area contributed by atoms with Crippen molar-refractivity contribution in [3.05, 3.63) is 35.4 Å². The highest BCUT2D eigenvalue weighted by Gasteiger charge is 2.36. The first-order valence-corrected chi connectivity index (χ1v) is 11.0. The Balaban J connectivity index is 1.32. The van der Waals surface area contributed by atoms with E-state index in [1.54, 1.807) is 41.1 Å². The van der Waals surface area contributed by atoms with Crippen molar-refractivity contribution in [1.29, 1.82) is 0 Å². The number of hydrogen-bond donors (Lipinski definition) is 0. The number of ether oxygens (including phenoxy) is 1. The molecule has 0 spiro atoms. The predicted molar refractivity (Wildman–Crippen MR) is 112 cm³/mol. The van der Waals surface area contributed by atoms with Gasteiger partial charge >= 0.3 is 0 Å². The Bertz CT molecular complexity index is 782. The molecule has 1 atom stereocenters. The molecule has 3 fully saturated rings. The van der Waals surface area contributed by atoms with Crippen molar-refractivity contribution >= 4 is 17.7 Å². The Morgan fingerprint density at radius 1 is 1.07 bits per heavy atom. The fourth-order valence-corrected chi connectivity index (χ4v) is 4.89. The van der Waals surface area contributed by atoms with Gasteiger partial charge in [-0.1, -0.05) is 12.8 Å². The molecular weight excluding hydrogens is 382 g/mol. The highest BCUT2D eigenvalue weighted by atomic mass is 16.5. The molecule has 162 valence electrons. The van der Waals surface area contributed by atoms with Crippen LogP contribution in [-0.2, 0) is 9.53 Å². The number of hydrogen-bond acceptors (Lipinski definition) is 4. The van der Waals surface area contributed by atoms with Gasteiger partial charge in [-0.15, -0.1) is 0 Å². The van der Waals surface area contributed by atoms with Gasteiger partial charge in [0.1, 0.15) is 0 Å². The van der Waals surface area contributed by atoms with Crippen LogP contribution in [0.5, 0.6) is 0 Å². The van der Waals surface area contributed by atoms with Gasteiger partial charge in [0.2, 0.25) is 5.91 Å². The summed E-state index contributed by atoms with van der Waals surface area (Å²) in [6.07, 6.45) is 5.18. The van der Waals surface area contributed by atoms with Gasteiger partial charge in [-0.05, 0) is 37.1 Å². The maximum atomic E-state index is 12.9. The number of amides is 3. The summed E-state index contributed by atoms with van der Waals surface area (Å²) in [6.45, 7) is 3.65. The largest absolute Gasteiger partial charge is 0.378 e. The third kappa shape index (κ3) is 4.51. The number of nitrogens with zero attached hydrogens (tertiary/aromatic N) is 3. The molecule has 0 N–H and O–H groups in total. The molecule has 0 aromatic heterocycles. The molecule has 2 saturated heterocycles. The summed E-state index contributed by atoms with van der Waals surface area (Å²) in [4.78, 5) is 43.3. The second kappa shape index (κ2) is 9.16. The maximum Gasteiger partial charge on any atom is 0.254 e. The Hall–Kier alpha value is -2.41. The van der Waals surface area contributed by atoms with Gasteiger partial charge in [0.05, 0.1) is 13.2 Å². The maximum absolute atomic E-state index is 12.9. The number of likely N-dealkylation sites (tertiary alicyclic amines) is 1. The van der Waals surface area contributed by atoms with Crippen LogP contribution in [0.1, 0.15) is 52.8 Å². The highest BCUT2D eigenvalue weighted by molar-refractivity contribution is 5.97. The van der Waals surface area contributed by atoms with Crippen molar-refractivity contribution in [1.82, 2.24) is 14.7 Å². The van der Waals surface area contributed by atoms with E-state index in [1.165, 1.54) is 12.8 Å². The zero-order valence-electron chi connectivity index (χ0n) is 17.7. The number of morpholine rings is 1. The van der Waals surface area contributed by atoms with Crippen molar-refractivity contribution in [2.75, 3.05) is 46.4 Å². The van der Waals surface area contributed by atoms with E-state index in [0.717, 1.165) is 19.4 Å². The standard InChI is InChI=1S/C23H31N3O4/c1-24(15-17-14-21(27)26(16-17)20-4-2-3-5-20)22(28)18-6-8-19(9-7-18)23(29)25-10-12-30-13-11-25/h6-9,17,20H,2-5,10-16H2,1H3. The van der Waals surface area contributed by atoms with E-state index >= 15 is 0 Å². The lowest BCUT2D eigenvalue weighted by molar-refractivity contribution is -0.129. The van der Waals surface area contributed by atoms with Gasteiger partial charge in [-0.2, -0.15) is 0 Å². The van der Waals surface area contributed by atoms with Gasteiger partial charge < -0.3 is 19.4 Å². The summed E-state index contributed by atoms with van der Waals surface area (Å²) in [7, 11) is 1.79. The molecule has 30 heavy (non-hydrogen) atoms. The van der Waals surface area contributed by atoms with Crippen LogP contribution < -0.4 is 0 Å². The minimum atomic E-state index is -0.0767. The third-order valence-corrected chi connectivity index (χ3v) is 6.56. The lowest BCUT2D eigenvalue weighted by Gasteiger charge is -2.27. The number of carbonyl (C=O) groups excluding carboxylic acids is 3. The molecule has 1 aromatic carbocycles. The summed E-state index contributed by atoms with van der Waals surface area (Å²) < 4.78 is 5.29. The van der Waals surface area contributed by atoms with E-state index in [4.69, 9.17) is 4.74 Å². The molecule has 0 bridgehead atoms. The van der Waals surface area contributed by atoms with Gasteiger partial charge in [0, 0.05) is 62.7 Å². The first-order valence-electron chi connectivity index (χ1n) is 11.0. The normalized spacial score (nSPS) is 22.6. The minimum absolute atomic E-state index is 0.0258. The first kappa shape index (κ1) is 20.8. The van der Waals surface area contributed by atoms with Gasteiger partial charge in [-0.3, -0.25) is 14.4 Å². The lowest BCUT2D eigenvalue weighted by Crippen LogP contribution is -2.40. The van der Waals surface area contributed by atoms with Crippen LogP contribution in [0.3, 0.4) is 0 Å². The van der Waals surface area contributed by atoms with Gasteiger partial charge in [0.15, 0.2) is 0 Å². The van der Waals surface area contributed by atoms with Crippen LogP contribution in [0.25, 0.3) is 0 Å². The van der Waals surface area contributed by atoms with Gasteiger partial charge in [0.25, 0.3) is 11.8 Å². The van der Waals surface area contributed by atoms with E-state index in [9.17, 15) is 14.4 Å². The lowest BCUT2D eigenvalue weighted by atomic mass is 10.1. The molecule has 4 rings (SSSR count). The zero-order chi connectivity index (χ0) is 21.1. The highest BCUT2D eigenvalue weighted by Crippen LogP contribution is 2.29. The van der Waals surface area contributed by atoms with Crippen molar-refractivity contribution in [3.63, 3.8) is 0 Å². The van der Waals surface area contributed by atoms with Crippen LogP contribution in [-0.4, -0.2) is 84.9 Å².